The Morgan fingerprint density at radius 2 is 2.27 bits per heavy atom. The Bertz CT molecular complexity index is 351. The summed E-state index contributed by atoms with van der Waals surface area (Å²) in [6.07, 6.45) is 3.27. The second kappa shape index (κ2) is 6.41. The van der Waals surface area contributed by atoms with Crippen molar-refractivity contribution in [2.75, 3.05) is 5.38 Å². The second-order valence-electron chi connectivity index (χ2n) is 2.92. The van der Waals surface area contributed by atoms with E-state index in [9.17, 15) is 4.80 Å². The van der Waals surface area contributed by atoms with Gasteiger partial charge in [0.05, 0.1) is 6.54 Å². The van der Waals surface area contributed by atoms with E-state index in [1.165, 1.54) is 11.8 Å². The van der Waals surface area contributed by atoms with E-state index < -0.39 is 9.04 Å². The van der Waals surface area contributed by atoms with Crippen LogP contribution >= 0.6 is 11.8 Å². The van der Waals surface area contributed by atoms with E-state index in [0.717, 1.165) is 5.56 Å². The van der Waals surface area contributed by atoms with Gasteiger partial charge < -0.3 is 4.80 Å². The van der Waals surface area contributed by atoms with Crippen LogP contribution in [0.15, 0.2) is 22.7 Å². The molecule has 0 saturated heterocycles. The number of thioether (sulfide) groups is 1. The summed E-state index contributed by atoms with van der Waals surface area (Å²) in [5.41, 5.74) is 8.90. The van der Waals surface area contributed by atoms with Crippen LogP contribution in [0.2, 0.25) is 6.55 Å². The van der Waals surface area contributed by atoms with Crippen molar-refractivity contribution >= 4 is 20.8 Å². The third-order valence-corrected chi connectivity index (χ3v) is 4.52. The fourth-order valence-electron chi connectivity index (χ4n) is 0.808. The number of nitrogens with zero attached hydrogens (tertiary/aromatic N) is 5. The minimum absolute atomic E-state index is 0.270. The molecule has 1 rings (SSSR count). The molecule has 1 unspecified atom stereocenters. The summed E-state index contributed by atoms with van der Waals surface area (Å²) in [6, 6.07) is 0. The van der Waals surface area contributed by atoms with Crippen molar-refractivity contribution in [2.45, 2.75) is 18.2 Å². The quantitative estimate of drug-likeness (QED) is 0.210. The average Bonchev–Trinajstić information content (AvgIpc) is 2.25. The molecule has 0 aliphatic heterocycles. The average molecular weight is 241 g/mol. The zero-order valence-electron chi connectivity index (χ0n) is 8.24. The highest BCUT2D eigenvalue weighted by Gasteiger charge is 2.02. The summed E-state index contributed by atoms with van der Waals surface area (Å²) in [5.74, 6) is 0. The first-order valence-electron chi connectivity index (χ1n) is 4.35. The molecule has 0 spiro atoms. The van der Waals surface area contributed by atoms with E-state index in [4.69, 9.17) is 5.53 Å². The fraction of sp³-hybridized carbons (Fsp3) is 0.429. The van der Waals surface area contributed by atoms with Crippen molar-refractivity contribution in [2.24, 2.45) is 5.11 Å². The van der Waals surface area contributed by atoms with Crippen LogP contribution in [0.5, 0.6) is 0 Å². The minimum atomic E-state index is -1.55. The van der Waals surface area contributed by atoms with Crippen LogP contribution in [0.1, 0.15) is 5.56 Å². The third-order valence-electron chi connectivity index (χ3n) is 1.45. The maximum atomic E-state index is 9.19. The normalized spacial score (nSPS) is 11.9. The molecule has 1 aromatic heterocycles. The van der Waals surface area contributed by atoms with Crippen molar-refractivity contribution in [1.82, 2.24) is 9.97 Å². The number of hydrogen-bond acceptors (Lipinski definition) is 5. The van der Waals surface area contributed by atoms with Gasteiger partial charge in [0.1, 0.15) is 0 Å². The summed E-state index contributed by atoms with van der Waals surface area (Å²) >= 11 is 1.45. The molecule has 0 fully saturated rings. The predicted octanol–water partition coefficient (Wildman–Crippen LogP) is 1.26. The third kappa shape index (κ3) is 4.80. The number of azide groups is 1. The molecule has 0 bridgehead atoms. The topological polar surface area (TPSA) is 94.8 Å². The van der Waals surface area contributed by atoms with Crippen molar-refractivity contribution in [1.29, 1.82) is 0 Å². The molecule has 1 heterocycles. The lowest BCUT2D eigenvalue weighted by atomic mass is 10.4. The van der Waals surface area contributed by atoms with Gasteiger partial charge in [-0.15, -0.1) is 0 Å². The van der Waals surface area contributed by atoms with Gasteiger partial charge in [-0.25, -0.2) is 9.97 Å². The second-order valence-corrected chi connectivity index (χ2v) is 6.61. The molecule has 0 amide bonds. The van der Waals surface area contributed by atoms with E-state index in [2.05, 4.69) is 20.0 Å². The summed E-state index contributed by atoms with van der Waals surface area (Å²) in [5, 5.41) is 4.76. The number of rotatable bonds is 5. The zero-order chi connectivity index (χ0) is 11.1. The lowest BCUT2D eigenvalue weighted by Crippen LogP contribution is -2.09. The molecule has 8 heteroatoms. The summed E-state index contributed by atoms with van der Waals surface area (Å²) in [6.45, 7) is 2.12. The van der Waals surface area contributed by atoms with Crippen LogP contribution in [-0.2, 0) is 6.54 Å². The maximum Gasteiger partial charge on any atom is 0.187 e. The highest BCUT2D eigenvalue weighted by molar-refractivity contribution is 8.00. The molecular formula is C7H11N5OSSi. The van der Waals surface area contributed by atoms with Gasteiger partial charge in [-0.05, 0) is 17.6 Å². The Morgan fingerprint density at radius 1 is 1.60 bits per heavy atom. The van der Waals surface area contributed by atoms with Crippen LogP contribution in [-0.4, -0.2) is 29.2 Å². The maximum absolute atomic E-state index is 9.19. The van der Waals surface area contributed by atoms with Gasteiger partial charge in [-0.3, -0.25) is 0 Å². The van der Waals surface area contributed by atoms with Crippen molar-refractivity contribution in [3.05, 3.63) is 28.4 Å². The molecule has 1 atom stereocenters. The summed E-state index contributed by atoms with van der Waals surface area (Å²) in [4.78, 5) is 20.0. The highest BCUT2D eigenvalue weighted by Crippen LogP contribution is 2.12. The van der Waals surface area contributed by atoms with E-state index in [1.807, 2.05) is 6.55 Å². The van der Waals surface area contributed by atoms with Crippen molar-refractivity contribution < 1.29 is 4.80 Å². The lowest BCUT2D eigenvalue weighted by Gasteiger charge is -2.01. The summed E-state index contributed by atoms with van der Waals surface area (Å²) < 4.78 is 0. The van der Waals surface area contributed by atoms with E-state index in [-0.39, 0.29) is 6.54 Å². The summed E-state index contributed by atoms with van der Waals surface area (Å²) in [7, 11) is -1.55. The molecule has 1 aromatic rings. The molecule has 0 radical (unpaired) electrons. The van der Waals surface area contributed by atoms with Crippen molar-refractivity contribution in [3.8, 4) is 0 Å². The Kier molecular flexibility index (Phi) is 5.12. The smallest absolute Gasteiger partial charge is 0.187 e. The van der Waals surface area contributed by atoms with E-state index in [0.29, 0.717) is 10.5 Å². The van der Waals surface area contributed by atoms with E-state index in [1.54, 1.807) is 12.4 Å². The van der Waals surface area contributed by atoms with Crippen LogP contribution in [0.4, 0.5) is 0 Å². The van der Waals surface area contributed by atoms with Crippen LogP contribution < -0.4 is 0 Å². The zero-order valence-corrected chi connectivity index (χ0v) is 10.2. The minimum Gasteiger partial charge on any atom is -0.434 e. The SMILES string of the molecule is C[SiH](O)CSc1ncc(CN=[N+]=[N-])cn1. The van der Waals surface area contributed by atoms with E-state index >= 15 is 0 Å². The Balaban J connectivity index is 2.52. The van der Waals surface area contributed by atoms with Crippen LogP contribution in [0.25, 0.3) is 10.4 Å². The molecular weight excluding hydrogens is 230 g/mol. The Labute approximate surface area is 93.1 Å². The lowest BCUT2D eigenvalue weighted by molar-refractivity contribution is 0.586. The Hall–Kier alpha value is -1.08. The molecule has 80 valence electrons. The molecule has 6 nitrogen and oxygen atoms in total. The fourth-order valence-corrected chi connectivity index (χ4v) is 2.62. The predicted molar refractivity (Wildman–Crippen MR) is 60.8 cm³/mol. The van der Waals surface area contributed by atoms with Crippen LogP contribution in [0.3, 0.4) is 0 Å². The Morgan fingerprint density at radius 3 is 2.80 bits per heavy atom. The van der Waals surface area contributed by atoms with Gasteiger partial charge in [0.25, 0.3) is 0 Å². The molecule has 0 aliphatic rings. The van der Waals surface area contributed by atoms with Gasteiger partial charge in [-0.1, -0.05) is 16.9 Å². The number of hydrogen-bond donors (Lipinski definition) is 1. The number of aromatic nitrogens is 2. The van der Waals surface area contributed by atoms with Crippen LogP contribution in [0, 0.1) is 0 Å². The van der Waals surface area contributed by atoms with Crippen molar-refractivity contribution in [3.63, 3.8) is 0 Å². The molecule has 0 saturated carbocycles. The van der Waals surface area contributed by atoms with Gasteiger partial charge in [0.2, 0.25) is 0 Å². The standard InChI is InChI=1S/C7H11N5OSSi/c1-15(13)5-14-7-9-2-6(3-10-7)4-11-12-8/h2-3,13,15H,4-5H2,1H3. The van der Waals surface area contributed by atoms with Gasteiger partial charge in [-0.2, -0.15) is 0 Å². The van der Waals surface area contributed by atoms with Gasteiger partial charge in [0, 0.05) is 22.7 Å². The molecule has 15 heavy (non-hydrogen) atoms. The van der Waals surface area contributed by atoms with Gasteiger partial charge in [0.15, 0.2) is 14.2 Å². The van der Waals surface area contributed by atoms with Gasteiger partial charge >= 0.3 is 0 Å². The first-order chi connectivity index (χ1) is 7.22. The first-order valence-corrected chi connectivity index (χ1v) is 7.82. The highest BCUT2D eigenvalue weighted by atomic mass is 32.2. The monoisotopic (exact) mass is 241 g/mol. The largest absolute Gasteiger partial charge is 0.434 e. The first kappa shape index (κ1) is 12.0. The molecule has 0 aromatic carbocycles. The molecule has 0 aliphatic carbocycles. The molecule has 1 N–H and O–H groups in total.